The number of nitrogens with zero attached hydrogens (tertiary/aromatic N) is 1. The number of ether oxygens (including phenoxy) is 1. The van der Waals surface area contributed by atoms with Gasteiger partial charge in [-0.05, 0) is 30.9 Å². The summed E-state index contributed by atoms with van der Waals surface area (Å²) in [6.45, 7) is 2.34. The van der Waals surface area contributed by atoms with Crippen LogP contribution in [0.1, 0.15) is 56.2 Å². The van der Waals surface area contributed by atoms with Gasteiger partial charge in [-0.1, -0.05) is 79.9 Å². The zero-order chi connectivity index (χ0) is 18.0. The molecule has 26 heavy (non-hydrogen) atoms. The van der Waals surface area contributed by atoms with Crippen molar-refractivity contribution in [3.63, 3.8) is 0 Å². The summed E-state index contributed by atoms with van der Waals surface area (Å²) < 4.78 is 5.46. The average molecular weight is 349 g/mol. The Morgan fingerprint density at radius 1 is 1.00 bits per heavy atom. The Hall–Kier alpha value is -2.13. The molecule has 1 aliphatic heterocycles. The van der Waals surface area contributed by atoms with E-state index in [1.54, 1.807) is 0 Å². The van der Waals surface area contributed by atoms with E-state index >= 15 is 0 Å². The summed E-state index contributed by atoms with van der Waals surface area (Å²) in [5.74, 6) is -0.0498. The van der Waals surface area contributed by atoms with Crippen molar-refractivity contribution in [2.45, 2.75) is 56.7 Å². The molecular weight excluding hydrogens is 322 g/mol. The third kappa shape index (κ3) is 2.95. The molecule has 2 aliphatic rings. The van der Waals surface area contributed by atoms with E-state index in [1.807, 2.05) is 19.1 Å². The number of carbonyl (C=O) groups is 1. The fraction of sp³-hybridized carbons (Fsp3) is 0.435. The number of benzene rings is 2. The molecule has 4 rings (SSSR count). The number of rotatable bonds is 5. The Bertz CT molecular complexity index is 698. The summed E-state index contributed by atoms with van der Waals surface area (Å²) in [7, 11) is 0. The van der Waals surface area contributed by atoms with Crippen molar-refractivity contribution < 1.29 is 9.53 Å². The first-order valence-corrected chi connectivity index (χ1v) is 9.83. The summed E-state index contributed by atoms with van der Waals surface area (Å²) in [5.41, 5.74) is 2.46. The van der Waals surface area contributed by atoms with E-state index in [0.717, 1.165) is 12.8 Å². The van der Waals surface area contributed by atoms with Crippen molar-refractivity contribution in [2.24, 2.45) is 0 Å². The van der Waals surface area contributed by atoms with Crippen LogP contribution in [0.2, 0.25) is 0 Å². The van der Waals surface area contributed by atoms with Crippen molar-refractivity contribution in [1.29, 1.82) is 0 Å². The average Bonchev–Trinajstić information content (AvgIpc) is 3.30. The second-order valence-corrected chi connectivity index (χ2v) is 7.45. The van der Waals surface area contributed by atoms with Crippen LogP contribution in [0.3, 0.4) is 0 Å². The van der Waals surface area contributed by atoms with E-state index in [1.165, 1.54) is 30.4 Å². The minimum atomic E-state index is -0.117. The first kappa shape index (κ1) is 17.3. The standard InChI is InChI=1S/C23H27NO2/c1-2-26-22(25)21-23(16-10-5-11-17-23)24(21)20(18-12-6-3-7-13-18)19-14-8-4-9-15-19/h3-4,6-9,12-15,20-21H,2,5,10-11,16-17H2,1H3/t21-,24?/m0/s1. The zero-order valence-electron chi connectivity index (χ0n) is 15.4. The van der Waals surface area contributed by atoms with Crippen LogP contribution in [-0.4, -0.2) is 29.1 Å². The van der Waals surface area contributed by atoms with Crippen molar-refractivity contribution in [3.05, 3.63) is 71.8 Å². The van der Waals surface area contributed by atoms with Crippen LogP contribution in [0.15, 0.2) is 60.7 Å². The summed E-state index contributed by atoms with van der Waals surface area (Å²) in [5, 5.41) is 0. The Kier molecular flexibility index (Phi) is 4.82. The van der Waals surface area contributed by atoms with Gasteiger partial charge in [0, 0.05) is 5.54 Å². The SMILES string of the molecule is CCOC(=O)[C@@H]1N(C(c2ccccc2)c2ccccc2)C12CCCCC2. The van der Waals surface area contributed by atoms with Gasteiger partial charge in [-0.15, -0.1) is 0 Å². The minimum Gasteiger partial charge on any atom is -0.465 e. The van der Waals surface area contributed by atoms with Crippen molar-refractivity contribution >= 4 is 5.97 Å². The van der Waals surface area contributed by atoms with Gasteiger partial charge >= 0.3 is 5.97 Å². The second kappa shape index (κ2) is 7.24. The first-order valence-electron chi connectivity index (χ1n) is 9.83. The topological polar surface area (TPSA) is 29.3 Å². The van der Waals surface area contributed by atoms with Crippen molar-refractivity contribution in [1.82, 2.24) is 4.90 Å². The van der Waals surface area contributed by atoms with E-state index in [9.17, 15) is 4.79 Å². The van der Waals surface area contributed by atoms with Crippen LogP contribution in [-0.2, 0) is 9.53 Å². The fourth-order valence-electron chi connectivity index (χ4n) is 4.84. The Morgan fingerprint density at radius 3 is 2.04 bits per heavy atom. The smallest absolute Gasteiger partial charge is 0.325 e. The summed E-state index contributed by atoms with van der Waals surface area (Å²) >= 11 is 0. The van der Waals surface area contributed by atoms with E-state index in [4.69, 9.17) is 4.74 Å². The molecule has 0 aromatic heterocycles. The number of carbonyl (C=O) groups excluding carboxylic acids is 1. The molecule has 3 heteroatoms. The molecule has 136 valence electrons. The molecule has 0 radical (unpaired) electrons. The van der Waals surface area contributed by atoms with Gasteiger partial charge in [0.05, 0.1) is 12.6 Å². The predicted molar refractivity (Wildman–Crippen MR) is 103 cm³/mol. The lowest BCUT2D eigenvalue weighted by Gasteiger charge is -2.27. The first-order chi connectivity index (χ1) is 12.8. The number of hydrogen-bond acceptors (Lipinski definition) is 3. The summed E-state index contributed by atoms with van der Waals surface area (Å²) in [4.78, 5) is 15.2. The van der Waals surface area contributed by atoms with Gasteiger partial charge in [-0.2, -0.15) is 0 Å². The number of esters is 1. The lowest BCUT2D eigenvalue weighted by Crippen LogP contribution is -2.26. The molecule has 2 aromatic carbocycles. The van der Waals surface area contributed by atoms with Gasteiger partial charge in [-0.3, -0.25) is 9.69 Å². The molecule has 2 atom stereocenters. The molecule has 1 aliphatic carbocycles. The minimum absolute atomic E-state index is 0.0269. The van der Waals surface area contributed by atoms with Crippen molar-refractivity contribution in [3.8, 4) is 0 Å². The molecule has 1 saturated heterocycles. The number of hydrogen-bond donors (Lipinski definition) is 0. The molecule has 2 aromatic rings. The van der Waals surface area contributed by atoms with Gasteiger partial charge in [0.2, 0.25) is 0 Å². The second-order valence-electron chi connectivity index (χ2n) is 7.45. The van der Waals surface area contributed by atoms with Crippen LogP contribution in [0.4, 0.5) is 0 Å². The summed E-state index contributed by atoms with van der Waals surface area (Å²) in [6, 6.07) is 21.1. The monoisotopic (exact) mass is 349 g/mol. The molecule has 0 N–H and O–H groups in total. The molecule has 1 unspecified atom stereocenters. The van der Waals surface area contributed by atoms with Gasteiger partial charge in [-0.25, -0.2) is 0 Å². The maximum Gasteiger partial charge on any atom is 0.325 e. The van der Waals surface area contributed by atoms with Crippen molar-refractivity contribution in [2.75, 3.05) is 6.61 Å². The molecule has 0 amide bonds. The highest BCUT2D eigenvalue weighted by atomic mass is 16.5. The Labute approximate surface area is 156 Å². The molecule has 2 fully saturated rings. The van der Waals surface area contributed by atoms with Crippen LogP contribution in [0.25, 0.3) is 0 Å². The third-order valence-electron chi connectivity index (χ3n) is 5.97. The molecule has 1 spiro atoms. The fourth-order valence-corrected chi connectivity index (χ4v) is 4.84. The van der Waals surface area contributed by atoms with Crippen LogP contribution in [0.5, 0.6) is 0 Å². The lowest BCUT2D eigenvalue weighted by molar-refractivity contribution is -0.143. The van der Waals surface area contributed by atoms with Gasteiger partial charge in [0.15, 0.2) is 0 Å². The zero-order valence-corrected chi connectivity index (χ0v) is 15.4. The van der Waals surface area contributed by atoms with Gasteiger partial charge < -0.3 is 4.74 Å². The van der Waals surface area contributed by atoms with E-state index in [-0.39, 0.29) is 23.6 Å². The summed E-state index contributed by atoms with van der Waals surface area (Å²) in [6.07, 6.45) is 5.84. The Morgan fingerprint density at radius 2 is 1.54 bits per heavy atom. The normalized spacial score (nSPS) is 23.8. The molecule has 1 saturated carbocycles. The quantitative estimate of drug-likeness (QED) is 0.577. The maximum atomic E-state index is 12.8. The third-order valence-corrected chi connectivity index (χ3v) is 5.97. The van der Waals surface area contributed by atoms with Crippen LogP contribution < -0.4 is 0 Å². The highest BCUT2D eigenvalue weighted by molar-refractivity contribution is 5.82. The molecule has 0 bridgehead atoms. The Balaban J connectivity index is 1.75. The largest absolute Gasteiger partial charge is 0.465 e. The highest BCUT2D eigenvalue weighted by Crippen LogP contribution is 2.57. The van der Waals surface area contributed by atoms with E-state index in [2.05, 4.69) is 53.4 Å². The van der Waals surface area contributed by atoms with E-state index in [0.29, 0.717) is 6.61 Å². The molecular formula is C23H27NO2. The molecule has 3 nitrogen and oxygen atoms in total. The van der Waals surface area contributed by atoms with Crippen LogP contribution >= 0.6 is 0 Å². The predicted octanol–water partition coefficient (Wildman–Crippen LogP) is 4.73. The highest BCUT2D eigenvalue weighted by Gasteiger charge is 2.68. The molecule has 1 heterocycles. The maximum absolute atomic E-state index is 12.8. The van der Waals surface area contributed by atoms with E-state index < -0.39 is 0 Å². The van der Waals surface area contributed by atoms with Gasteiger partial charge in [0.25, 0.3) is 0 Å². The lowest BCUT2D eigenvalue weighted by atomic mass is 9.85. The van der Waals surface area contributed by atoms with Gasteiger partial charge in [0.1, 0.15) is 6.04 Å². The van der Waals surface area contributed by atoms with Crippen LogP contribution in [0, 0.1) is 0 Å².